The van der Waals surface area contributed by atoms with Crippen LogP contribution in [0.25, 0.3) is 11.1 Å². The lowest BCUT2D eigenvalue weighted by Crippen LogP contribution is -1.67. The van der Waals surface area contributed by atoms with Crippen molar-refractivity contribution in [2.75, 3.05) is 6.26 Å². The SMILES string of the molecule is CSc1nc2ccc(Br)cc2o1. The van der Waals surface area contributed by atoms with Crippen molar-refractivity contribution in [1.82, 2.24) is 4.98 Å². The quantitative estimate of drug-likeness (QED) is 0.720. The van der Waals surface area contributed by atoms with E-state index in [0.717, 1.165) is 15.6 Å². The molecule has 2 rings (SSSR count). The second kappa shape index (κ2) is 3.11. The summed E-state index contributed by atoms with van der Waals surface area (Å²) in [7, 11) is 0. The lowest BCUT2D eigenvalue weighted by molar-refractivity contribution is 0.490. The summed E-state index contributed by atoms with van der Waals surface area (Å²) in [6.07, 6.45) is 1.94. The summed E-state index contributed by atoms with van der Waals surface area (Å²) in [4.78, 5) is 4.25. The third-order valence-corrected chi connectivity index (χ3v) is 2.52. The number of aromatic nitrogens is 1. The lowest BCUT2D eigenvalue weighted by Gasteiger charge is -1.86. The highest BCUT2D eigenvalue weighted by Crippen LogP contribution is 2.24. The average molecular weight is 244 g/mol. The van der Waals surface area contributed by atoms with E-state index in [9.17, 15) is 0 Å². The number of oxazole rings is 1. The molecule has 0 saturated carbocycles. The number of nitrogens with zero attached hydrogens (tertiary/aromatic N) is 1. The first-order valence-electron chi connectivity index (χ1n) is 3.39. The van der Waals surface area contributed by atoms with Crippen molar-refractivity contribution in [3.8, 4) is 0 Å². The number of hydrogen-bond donors (Lipinski definition) is 0. The smallest absolute Gasteiger partial charge is 0.256 e. The molecular formula is C8H6BrNOS. The minimum atomic E-state index is 0.711. The molecule has 0 N–H and O–H groups in total. The first kappa shape index (κ1) is 8.13. The van der Waals surface area contributed by atoms with Crippen molar-refractivity contribution in [1.29, 1.82) is 0 Å². The topological polar surface area (TPSA) is 26.0 Å². The van der Waals surface area contributed by atoms with Crippen LogP contribution < -0.4 is 0 Å². The maximum absolute atomic E-state index is 5.42. The zero-order chi connectivity index (χ0) is 8.55. The molecule has 12 heavy (non-hydrogen) atoms. The van der Waals surface area contributed by atoms with Gasteiger partial charge in [0.15, 0.2) is 5.58 Å². The van der Waals surface area contributed by atoms with E-state index >= 15 is 0 Å². The van der Waals surface area contributed by atoms with Crippen LogP contribution in [0.5, 0.6) is 0 Å². The molecule has 2 aromatic rings. The predicted molar refractivity (Wildman–Crippen MR) is 53.5 cm³/mol. The molecule has 1 aromatic heterocycles. The number of halogens is 1. The van der Waals surface area contributed by atoms with Gasteiger partial charge in [-0.2, -0.15) is 0 Å². The summed E-state index contributed by atoms with van der Waals surface area (Å²) in [5.74, 6) is 0. The van der Waals surface area contributed by atoms with Crippen molar-refractivity contribution in [3.05, 3.63) is 22.7 Å². The van der Waals surface area contributed by atoms with Gasteiger partial charge in [0.25, 0.3) is 5.22 Å². The Morgan fingerprint density at radius 3 is 3.08 bits per heavy atom. The molecule has 0 fully saturated rings. The van der Waals surface area contributed by atoms with Crippen LogP contribution in [0.4, 0.5) is 0 Å². The van der Waals surface area contributed by atoms with Crippen molar-refractivity contribution < 1.29 is 4.42 Å². The molecule has 1 heterocycles. The summed E-state index contributed by atoms with van der Waals surface area (Å²) >= 11 is 4.88. The van der Waals surface area contributed by atoms with Crippen LogP contribution >= 0.6 is 27.7 Å². The zero-order valence-electron chi connectivity index (χ0n) is 6.37. The Morgan fingerprint density at radius 1 is 1.50 bits per heavy atom. The van der Waals surface area contributed by atoms with Gasteiger partial charge in [-0.25, -0.2) is 4.98 Å². The van der Waals surface area contributed by atoms with Gasteiger partial charge < -0.3 is 4.42 Å². The maximum Gasteiger partial charge on any atom is 0.256 e. The first-order valence-corrected chi connectivity index (χ1v) is 5.41. The molecule has 1 aromatic carbocycles. The molecule has 0 amide bonds. The highest BCUT2D eigenvalue weighted by molar-refractivity contribution is 9.10. The molecule has 0 atom stereocenters. The van der Waals surface area contributed by atoms with Gasteiger partial charge in [-0.15, -0.1) is 0 Å². The largest absolute Gasteiger partial charge is 0.431 e. The zero-order valence-corrected chi connectivity index (χ0v) is 8.78. The Labute approximate surface area is 82.5 Å². The second-order valence-corrected chi connectivity index (χ2v) is 3.97. The van der Waals surface area contributed by atoms with Gasteiger partial charge in [-0.3, -0.25) is 0 Å². The van der Waals surface area contributed by atoms with Gasteiger partial charge in [0.2, 0.25) is 0 Å². The highest BCUT2D eigenvalue weighted by atomic mass is 79.9. The van der Waals surface area contributed by atoms with Crippen LogP contribution in [0, 0.1) is 0 Å². The summed E-state index contributed by atoms with van der Waals surface area (Å²) in [6, 6.07) is 5.81. The predicted octanol–water partition coefficient (Wildman–Crippen LogP) is 3.31. The molecule has 4 heteroatoms. The van der Waals surface area contributed by atoms with E-state index in [-0.39, 0.29) is 0 Å². The Balaban J connectivity index is 2.67. The molecule has 0 aliphatic rings. The number of thioether (sulfide) groups is 1. The Kier molecular flexibility index (Phi) is 2.11. The number of rotatable bonds is 1. The monoisotopic (exact) mass is 243 g/mol. The third-order valence-electron chi connectivity index (χ3n) is 1.51. The third kappa shape index (κ3) is 1.36. The molecule has 0 spiro atoms. The van der Waals surface area contributed by atoms with E-state index in [1.807, 2.05) is 24.5 Å². The molecule has 0 radical (unpaired) electrons. The standard InChI is InChI=1S/C8H6BrNOS/c1-12-8-10-6-3-2-5(9)4-7(6)11-8/h2-4H,1H3. The van der Waals surface area contributed by atoms with E-state index in [0.29, 0.717) is 5.22 Å². The number of benzene rings is 1. The molecule has 0 saturated heterocycles. The molecular weight excluding hydrogens is 238 g/mol. The summed E-state index contributed by atoms with van der Waals surface area (Å²) in [6.45, 7) is 0. The lowest BCUT2D eigenvalue weighted by atomic mass is 10.3. The second-order valence-electron chi connectivity index (χ2n) is 2.30. The number of fused-ring (bicyclic) bond motifs is 1. The summed E-state index contributed by atoms with van der Waals surface area (Å²) in [5, 5.41) is 0.711. The fraction of sp³-hybridized carbons (Fsp3) is 0.125. The van der Waals surface area contributed by atoms with Crippen molar-refractivity contribution in [2.24, 2.45) is 0 Å². The van der Waals surface area contributed by atoms with E-state index in [1.54, 1.807) is 0 Å². The fourth-order valence-corrected chi connectivity index (χ4v) is 1.67. The number of hydrogen-bond acceptors (Lipinski definition) is 3. The van der Waals surface area contributed by atoms with Gasteiger partial charge in [-0.1, -0.05) is 27.7 Å². The van der Waals surface area contributed by atoms with Crippen molar-refractivity contribution in [2.45, 2.75) is 5.22 Å². The fourth-order valence-electron chi connectivity index (χ4n) is 0.965. The van der Waals surface area contributed by atoms with Gasteiger partial charge in [0.05, 0.1) is 0 Å². The van der Waals surface area contributed by atoms with Crippen LogP contribution in [-0.4, -0.2) is 11.2 Å². The Hall–Kier alpha value is -0.480. The minimum absolute atomic E-state index is 0.711. The van der Waals surface area contributed by atoms with Gasteiger partial charge >= 0.3 is 0 Å². The van der Waals surface area contributed by atoms with Gasteiger partial charge in [0.1, 0.15) is 5.52 Å². The van der Waals surface area contributed by atoms with E-state index < -0.39 is 0 Å². The molecule has 62 valence electrons. The van der Waals surface area contributed by atoms with E-state index in [2.05, 4.69) is 20.9 Å². The normalized spacial score (nSPS) is 10.8. The molecule has 2 nitrogen and oxygen atoms in total. The van der Waals surface area contributed by atoms with Crippen LogP contribution in [0.15, 0.2) is 32.3 Å². The molecule has 0 aliphatic heterocycles. The van der Waals surface area contributed by atoms with E-state index in [1.165, 1.54) is 11.8 Å². The summed E-state index contributed by atoms with van der Waals surface area (Å²) < 4.78 is 6.43. The minimum Gasteiger partial charge on any atom is -0.431 e. The van der Waals surface area contributed by atoms with Crippen LogP contribution in [0.3, 0.4) is 0 Å². The van der Waals surface area contributed by atoms with Crippen LogP contribution in [-0.2, 0) is 0 Å². The first-order chi connectivity index (χ1) is 5.79. The van der Waals surface area contributed by atoms with E-state index in [4.69, 9.17) is 4.42 Å². The highest BCUT2D eigenvalue weighted by Gasteiger charge is 2.03. The van der Waals surface area contributed by atoms with Gasteiger partial charge in [-0.05, 0) is 24.5 Å². The van der Waals surface area contributed by atoms with Crippen molar-refractivity contribution in [3.63, 3.8) is 0 Å². The Bertz CT molecular complexity index is 412. The maximum atomic E-state index is 5.42. The van der Waals surface area contributed by atoms with Crippen LogP contribution in [0.2, 0.25) is 0 Å². The molecule has 0 bridgehead atoms. The van der Waals surface area contributed by atoms with Gasteiger partial charge in [0, 0.05) is 4.47 Å². The molecule has 0 unspecified atom stereocenters. The summed E-state index contributed by atoms with van der Waals surface area (Å²) in [5.41, 5.74) is 1.73. The Morgan fingerprint density at radius 2 is 2.33 bits per heavy atom. The van der Waals surface area contributed by atoms with Crippen molar-refractivity contribution >= 4 is 38.8 Å². The average Bonchev–Trinajstić information content (AvgIpc) is 2.46. The molecule has 0 aliphatic carbocycles. The van der Waals surface area contributed by atoms with Crippen LogP contribution in [0.1, 0.15) is 0 Å².